The molecule has 0 aromatic carbocycles. The van der Waals surface area contributed by atoms with E-state index < -0.39 is 5.54 Å². The summed E-state index contributed by atoms with van der Waals surface area (Å²) in [7, 11) is 1.43. The minimum atomic E-state index is -0.671. The van der Waals surface area contributed by atoms with Crippen molar-refractivity contribution in [3.8, 4) is 0 Å². The Hall–Kier alpha value is -1.08. The molecule has 2 rings (SSSR count). The standard InChI is InChI=1S/C13H21N3O3S/c1-8(2)14-13(10-5-6-10,11(17)18-4)7-20-12-16-15-9(3)19-12/h8,10,14H,5-7H2,1-4H3. The van der Waals surface area contributed by atoms with Gasteiger partial charge in [0.2, 0.25) is 5.89 Å². The van der Waals surface area contributed by atoms with Crippen molar-refractivity contribution in [3.05, 3.63) is 5.89 Å². The van der Waals surface area contributed by atoms with Gasteiger partial charge in [-0.1, -0.05) is 11.8 Å². The fraction of sp³-hybridized carbons (Fsp3) is 0.769. The second kappa shape index (κ2) is 6.13. The smallest absolute Gasteiger partial charge is 0.327 e. The third kappa shape index (κ3) is 3.32. The summed E-state index contributed by atoms with van der Waals surface area (Å²) in [4.78, 5) is 12.3. The fourth-order valence-electron chi connectivity index (χ4n) is 2.35. The highest BCUT2D eigenvalue weighted by Gasteiger charge is 2.52. The minimum Gasteiger partial charge on any atom is -0.468 e. The Bertz CT molecular complexity index is 473. The van der Waals surface area contributed by atoms with E-state index in [0.717, 1.165) is 12.8 Å². The molecule has 1 fully saturated rings. The van der Waals surface area contributed by atoms with E-state index in [0.29, 0.717) is 22.8 Å². The third-order valence-corrected chi connectivity index (χ3v) is 4.31. The maximum absolute atomic E-state index is 12.3. The number of methoxy groups -OCH3 is 1. The van der Waals surface area contributed by atoms with E-state index in [2.05, 4.69) is 15.5 Å². The van der Waals surface area contributed by atoms with Gasteiger partial charge in [-0.25, -0.2) is 0 Å². The molecule has 1 saturated carbocycles. The normalized spacial score (nSPS) is 18.1. The van der Waals surface area contributed by atoms with E-state index in [-0.39, 0.29) is 12.0 Å². The van der Waals surface area contributed by atoms with Crippen LogP contribution in [-0.4, -0.2) is 40.6 Å². The lowest BCUT2D eigenvalue weighted by atomic mass is 9.94. The number of carbonyl (C=O) groups excluding carboxylic acids is 1. The minimum absolute atomic E-state index is 0.194. The summed E-state index contributed by atoms with van der Waals surface area (Å²) in [5.41, 5.74) is -0.671. The molecule has 0 radical (unpaired) electrons. The van der Waals surface area contributed by atoms with Crippen molar-refractivity contribution in [1.29, 1.82) is 0 Å². The highest BCUT2D eigenvalue weighted by Crippen LogP contribution is 2.43. The van der Waals surface area contributed by atoms with Crippen LogP contribution in [0.25, 0.3) is 0 Å². The Kier molecular flexibility index (Phi) is 4.70. The number of nitrogens with zero attached hydrogens (tertiary/aromatic N) is 2. The van der Waals surface area contributed by atoms with Gasteiger partial charge in [-0.05, 0) is 32.6 Å². The maximum Gasteiger partial charge on any atom is 0.327 e. The van der Waals surface area contributed by atoms with Crippen LogP contribution in [0, 0.1) is 12.8 Å². The van der Waals surface area contributed by atoms with Crippen molar-refractivity contribution in [3.63, 3.8) is 0 Å². The van der Waals surface area contributed by atoms with Crippen molar-refractivity contribution in [2.24, 2.45) is 5.92 Å². The van der Waals surface area contributed by atoms with Crippen LogP contribution >= 0.6 is 11.8 Å². The van der Waals surface area contributed by atoms with Gasteiger partial charge < -0.3 is 9.15 Å². The monoisotopic (exact) mass is 299 g/mol. The second-order valence-corrected chi connectivity index (χ2v) is 6.34. The van der Waals surface area contributed by atoms with Crippen LogP contribution < -0.4 is 5.32 Å². The molecular formula is C13H21N3O3S. The Labute approximate surface area is 123 Å². The van der Waals surface area contributed by atoms with Crippen LogP contribution in [0.4, 0.5) is 0 Å². The summed E-state index contributed by atoms with van der Waals surface area (Å²) in [6, 6.07) is 0.194. The van der Waals surface area contributed by atoms with E-state index in [1.54, 1.807) is 6.92 Å². The highest BCUT2D eigenvalue weighted by atomic mass is 32.2. The lowest BCUT2D eigenvalue weighted by Crippen LogP contribution is -2.59. The summed E-state index contributed by atoms with van der Waals surface area (Å²) in [6.07, 6.45) is 2.08. The molecule has 1 unspecified atom stereocenters. The fourth-order valence-corrected chi connectivity index (χ4v) is 3.41. The van der Waals surface area contributed by atoms with Crippen LogP contribution in [0.2, 0.25) is 0 Å². The van der Waals surface area contributed by atoms with Crippen molar-refractivity contribution in [1.82, 2.24) is 15.5 Å². The molecule has 0 amide bonds. The SMILES string of the molecule is COC(=O)C(CSc1nnc(C)o1)(NC(C)C)C1CC1. The number of thioether (sulfide) groups is 1. The first kappa shape index (κ1) is 15.3. The Morgan fingerprint density at radius 2 is 2.25 bits per heavy atom. The summed E-state index contributed by atoms with van der Waals surface area (Å²) in [5, 5.41) is 11.6. The molecule has 1 N–H and O–H groups in total. The van der Waals surface area contributed by atoms with E-state index in [1.165, 1.54) is 18.9 Å². The molecule has 1 aromatic rings. The van der Waals surface area contributed by atoms with Gasteiger partial charge in [0.15, 0.2) is 0 Å². The van der Waals surface area contributed by atoms with Crippen molar-refractivity contribution >= 4 is 17.7 Å². The first-order valence-corrected chi connectivity index (χ1v) is 7.75. The number of aromatic nitrogens is 2. The first-order valence-electron chi connectivity index (χ1n) is 6.77. The molecule has 1 atom stereocenters. The predicted molar refractivity (Wildman–Crippen MR) is 75.5 cm³/mol. The zero-order valence-corrected chi connectivity index (χ0v) is 13.1. The average Bonchev–Trinajstić information content (AvgIpc) is 3.17. The van der Waals surface area contributed by atoms with E-state index >= 15 is 0 Å². The Balaban J connectivity index is 2.14. The molecule has 1 heterocycles. The molecule has 0 aliphatic heterocycles. The van der Waals surface area contributed by atoms with Crippen LogP contribution in [0.5, 0.6) is 0 Å². The van der Waals surface area contributed by atoms with E-state index in [9.17, 15) is 4.79 Å². The van der Waals surface area contributed by atoms with Crippen LogP contribution in [0.3, 0.4) is 0 Å². The van der Waals surface area contributed by atoms with Gasteiger partial charge in [-0.2, -0.15) is 0 Å². The molecule has 1 aromatic heterocycles. The molecular weight excluding hydrogens is 278 g/mol. The molecule has 6 nitrogen and oxygen atoms in total. The quantitative estimate of drug-likeness (QED) is 0.607. The van der Waals surface area contributed by atoms with Crippen LogP contribution in [0.1, 0.15) is 32.6 Å². The summed E-state index contributed by atoms with van der Waals surface area (Å²) in [5.74, 6) is 1.16. The third-order valence-electron chi connectivity index (χ3n) is 3.30. The second-order valence-electron chi connectivity index (χ2n) is 5.41. The number of carbonyl (C=O) groups is 1. The Morgan fingerprint density at radius 1 is 1.55 bits per heavy atom. The molecule has 7 heteroatoms. The number of ether oxygens (including phenoxy) is 1. The van der Waals surface area contributed by atoms with Gasteiger partial charge in [0.25, 0.3) is 5.22 Å². The average molecular weight is 299 g/mol. The molecule has 1 aliphatic rings. The summed E-state index contributed by atoms with van der Waals surface area (Å²) < 4.78 is 10.4. The lowest BCUT2D eigenvalue weighted by molar-refractivity contribution is -0.148. The molecule has 112 valence electrons. The van der Waals surface area contributed by atoms with Gasteiger partial charge in [0, 0.05) is 18.7 Å². The van der Waals surface area contributed by atoms with Gasteiger partial charge in [-0.3, -0.25) is 10.1 Å². The predicted octanol–water partition coefficient (Wildman–Crippen LogP) is 1.79. The molecule has 0 spiro atoms. The van der Waals surface area contributed by atoms with E-state index in [1.807, 2.05) is 13.8 Å². The molecule has 0 bridgehead atoms. The lowest BCUT2D eigenvalue weighted by Gasteiger charge is -2.33. The van der Waals surface area contributed by atoms with Crippen LogP contribution in [-0.2, 0) is 9.53 Å². The number of rotatable bonds is 7. The topological polar surface area (TPSA) is 77.2 Å². The summed E-state index contributed by atoms with van der Waals surface area (Å²) >= 11 is 1.40. The first-order chi connectivity index (χ1) is 9.48. The number of hydrogen-bond acceptors (Lipinski definition) is 7. The van der Waals surface area contributed by atoms with E-state index in [4.69, 9.17) is 9.15 Å². The zero-order valence-electron chi connectivity index (χ0n) is 12.3. The van der Waals surface area contributed by atoms with Gasteiger partial charge in [0.1, 0.15) is 5.54 Å². The highest BCUT2D eigenvalue weighted by molar-refractivity contribution is 7.99. The van der Waals surface area contributed by atoms with Crippen molar-refractivity contribution in [2.75, 3.05) is 12.9 Å². The molecule has 0 saturated heterocycles. The maximum atomic E-state index is 12.3. The van der Waals surface area contributed by atoms with Crippen LogP contribution in [0.15, 0.2) is 9.64 Å². The van der Waals surface area contributed by atoms with Gasteiger partial charge in [-0.15, -0.1) is 10.2 Å². The number of hydrogen-bond donors (Lipinski definition) is 1. The molecule has 1 aliphatic carbocycles. The number of nitrogens with one attached hydrogen (secondary N) is 1. The Morgan fingerprint density at radius 3 is 2.70 bits per heavy atom. The van der Waals surface area contributed by atoms with Gasteiger partial charge in [0.05, 0.1) is 7.11 Å². The number of esters is 1. The van der Waals surface area contributed by atoms with Crippen molar-refractivity contribution in [2.45, 2.75) is 50.4 Å². The number of aryl methyl sites for hydroxylation is 1. The van der Waals surface area contributed by atoms with Gasteiger partial charge >= 0.3 is 5.97 Å². The zero-order chi connectivity index (χ0) is 14.8. The van der Waals surface area contributed by atoms with Crippen molar-refractivity contribution < 1.29 is 13.9 Å². The largest absolute Gasteiger partial charge is 0.468 e. The summed E-state index contributed by atoms with van der Waals surface area (Å²) in [6.45, 7) is 5.81. The molecule has 20 heavy (non-hydrogen) atoms.